The summed E-state index contributed by atoms with van der Waals surface area (Å²) >= 11 is 0. The molecule has 1 saturated heterocycles. The van der Waals surface area contributed by atoms with E-state index >= 15 is 0 Å². The highest BCUT2D eigenvalue weighted by atomic mass is 16.2. The second-order valence-corrected chi connectivity index (χ2v) is 6.78. The van der Waals surface area contributed by atoms with Crippen molar-refractivity contribution in [3.63, 3.8) is 0 Å². The van der Waals surface area contributed by atoms with Gasteiger partial charge in [0.05, 0.1) is 29.3 Å². The van der Waals surface area contributed by atoms with E-state index in [1.165, 1.54) is 0 Å². The van der Waals surface area contributed by atoms with Crippen molar-refractivity contribution in [3.8, 4) is 0 Å². The molecular formula is C17H28N6O. The smallest absolute Gasteiger partial charge is 0.243 e. The predicted molar refractivity (Wildman–Crippen MR) is 99.8 cm³/mol. The minimum Gasteiger partial charge on any atom is -0.397 e. The van der Waals surface area contributed by atoms with Crippen LogP contribution in [0.5, 0.6) is 0 Å². The van der Waals surface area contributed by atoms with Crippen LogP contribution in [-0.2, 0) is 4.79 Å². The molecule has 1 fully saturated rings. The lowest BCUT2D eigenvalue weighted by atomic mass is 10.1. The number of hydrogen-bond donors (Lipinski definition) is 3. The SMILES string of the molecule is CN1CCN(CCCN(C)c2cc3c(cc2N)NC(=O)CN3)CC1. The zero-order valence-corrected chi connectivity index (χ0v) is 14.6. The zero-order chi connectivity index (χ0) is 17.1. The molecule has 0 atom stereocenters. The summed E-state index contributed by atoms with van der Waals surface area (Å²) in [6, 6.07) is 3.87. The molecule has 0 aliphatic carbocycles. The Kier molecular flexibility index (Phi) is 5.11. The summed E-state index contributed by atoms with van der Waals surface area (Å²) in [6.07, 6.45) is 1.11. The minimum absolute atomic E-state index is 0.0322. The standard InChI is InChI=1S/C17H28N6O/c1-21-6-8-23(9-7-21)5-3-4-22(2)16-11-14-15(10-13(16)18)20-17(24)12-19-14/h10-11,19H,3-9,12,18H2,1-2H3,(H,20,24). The average molecular weight is 332 g/mol. The molecule has 3 rings (SSSR count). The largest absolute Gasteiger partial charge is 0.397 e. The van der Waals surface area contributed by atoms with E-state index in [9.17, 15) is 4.79 Å². The van der Waals surface area contributed by atoms with Crippen molar-refractivity contribution in [2.75, 3.05) is 81.2 Å². The quantitative estimate of drug-likeness (QED) is 0.690. The number of nitrogen functional groups attached to an aromatic ring is 1. The molecule has 0 unspecified atom stereocenters. The van der Waals surface area contributed by atoms with Crippen molar-refractivity contribution in [3.05, 3.63) is 12.1 Å². The summed E-state index contributed by atoms with van der Waals surface area (Å²) in [7, 11) is 4.25. The predicted octanol–water partition coefficient (Wildman–Crippen LogP) is 0.707. The number of rotatable bonds is 5. The van der Waals surface area contributed by atoms with Gasteiger partial charge in [-0.25, -0.2) is 0 Å². The van der Waals surface area contributed by atoms with E-state index in [0.717, 1.165) is 62.8 Å². The van der Waals surface area contributed by atoms with E-state index in [1.807, 2.05) is 12.1 Å². The number of carbonyl (C=O) groups excluding carboxylic acids is 1. The number of carbonyl (C=O) groups is 1. The summed E-state index contributed by atoms with van der Waals surface area (Å²) < 4.78 is 0. The molecule has 2 aliphatic heterocycles. The van der Waals surface area contributed by atoms with Crippen LogP contribution in [0, 0.1) is 0 Å². The molecular weight excluding hydrogens is 304 g/mol. The summed E-state index contributed by atoms with van der Waals surface area (Å²) in [5.41, 5.74) is 9.59. The van der Waals surface area contributed by atoms with Crippen LogP contribution < -0.4 is 21.3 Å². The Balaban J connectivity index is 1.55. The number of anilines is 4. The second kappa shape index (κ2) is 7.27. The lowest BCUT2D eigenvalue weighted by molar-refractivity contribution is -0.114. The summed E-state index contributed by atoms with van der Waals surface area (Å²) in [5.74, 6) is -0.0322. The third-order valence-corrected chi connectivity index (χ3v) is 4.86. The molecule has 0 saturated carbocycles. The van der Waals surface area contributed by atoms with Crippen LogP contribution in [0.1, 0.15) is 6.42 Å². The monoisotopic (exact) mass is 332 g/mol. The first-order valence-corrected chi connectivity index (χ1v) is 8.62. The van der Waals surface area contributed by atoms with Crippen LogP contribution in [0.2, 0.25) is 0 Å². The number of likely N-dealkylation sites (N-methyl/N-ethyl adjacent to an activating group) is 1. The van der Waals surface area contributed by atoms with E-state index in [0.29, 0.717) is 12.2 Å². The first-order valence-electron chi connectivity index (χ1n) is 8.62. The molecule has 7 heteroatoms. The van der Waals surface area contributed by atoms with Gasteiger partial charge in [0.15, 0.2) is 0 Å². The number of nitrogens with one attached hydrogen (secondary N) is 2. The van der Waals surface area contributed by atoms with E-state index in [1.54, 1.807) is 0 Å². The molecule has 0 spiro atoms. The molecule has 24 heavy (non-hydrogen) atoms. The first-order chi connectivity index (χ1) is 11.5. The molecule has 0 radical (unpaired) electrons. The van der Waals surface area contributed by atoms with Gasteiger partial charge in [0.2, 0.25) is 5.91 Å². The molecule has 4 N–H and O–H groups in total. The van der Waals surface area contributed by atoms with Crippen LogP contribution in [0.25, 0.3) is 0 Å². The van der Waals surface area contributed by atoms with E-state index in [-0.39, 0.29) is 5.91 Å². The van der Waals surface area contributed by atoms with Gasteiger partial charge in [-0.3, -0.25) is 4.79 Å². The average Bonchev–Trinajstić information content (AvgIpc) is 2.56. The molecule has 1 aromatic carbocycles. The van der Waals surface area contributed by atoms with Crippen molar-refractivity contribution < 1.29 is 4.79 Å². The highest BCUT2D eigenvalue weighted by molar-refractivity contribution is 6.02. The van der Waals surface area contributed by atoms with Gasteiger partial charge in [-0.05, 0) is 32.1 Å². The Morgan fingerprint density at radius 1 is 1.21 bits per heavy atom. The first kappa shape index (κ1) is 16.9. The number of hydrogen-bond acceptors (Lipinski definition) is 6. The summed E-state index contributed by atoms with van der Waals surface area (Å²) in [6.45, 7) is 7.02. The van der Waals surface area contributed by atoms with Crippen molar-refractivity contribution in [1.82, 2.24) is 9.80 Å². The van der Waals surface area contributed by atoms with Crippen LogP contribution in [0.4, 0.5) is 22.7 Å². The van der Waals surface area contributed by atoms with Gasteiger partial charge in [-0.1, -0.05) is 0 Å². The number of amides is 1. The molecule has 1 aromatic rings. The maximum atomic E-state index is 11.4. The highest BCUT2D eigenvalue weighted by Gasteiger charge is 2.18. The third kappa shape index (κ3) is 3.91. The van der Waals surface area contributed by atoms with Gasteiger partial charge in [0, 0.05) is 39.8 Å². The van der Waals surface area contributed by atoms with E-state index in [2.05, 4.69) is 39.4 Å². The van der Waals surface area contributed by atoms with E-state index < -0.39 is 0 Å². The fourth-order valence-corrected chi connectivity index (χ4v) is 3.28. The molecule has 0 aromatic heterocycles. The number of fused-ring (bicyclic) bond motifs is 1. The van der Waals surface area contributed by atoms with Crippen LogP contribution in [0.15, 0.2) is 12.1 Å². The van der Waals surface area contributed by atoms with Crippen molar-refractivity contribution in [1.29, 1.82) is 0 Å². The Bertz CT molecular complexity index is 597. The van der Waals surface area contributed by atoms with Crippen molar-refractivity contribution in [2.24, 2.45) is 0 Å². The van der Waals surface area contributed by atoms with Gasteiger partial charge in [-0.15, -0.1) is 0 Å². The van der Waals surface area contributed by atoms with Gasteiger partial charge in [-0.2, -0.15) is 0 Å². The molecule has 2 aliphatic rings. The van der Waals surface area contributed by atoms with E-state index in [4.69, 9.17) is 5.73 Å². The van der Waals surface area contributed by atoms with Crippen molar-refractivity contribution >= 4 is 28.7 Å². The summed E-state index contributed by atoms with van der Waals surface area (Å²) in [4.78, 5) is 18.5. The van der Waals surface area contributed by atoms with Gasteiger partial charge in [0.25, 0.3) is 0 Å². The Morgan fingerprint density at radius 2 is 1.96 bits per heavy atom. The maximum Gasteiger partial charge on any atom is 0.243 e. The summed E-state index contributed by atoms with van der Waals surface area (Å²) in [5, 5.41) is 5.99. The Labute approximate surface area is 143 Å². The Hall–Kier alpha value is -1.99. The zero-order valence-electron chi connectivity index (χ0n) is 14.6. The number of piperazine rings is 1. The van der Waals surface area contributed by atoms with Gasteiger partial charge in [0.1, 0.15) is 0 Å². The second-order valence-electron chi connectivity index (χ2n) is 6.78. The lowest BCUT2D eigenvalue weighted by Gasteiger charge is -2.33. The third-order valence-electron chi connectivity index (χ3n) is 4.86. The normalized spacial score (nSPS) is 18.7. The van der Waals surface area contributed by atoms with Crippen molar-refractivity contribution in [2.45, 2.75) is 6.42 Å². The maximum absolute atomic E-state index is 11.4. The van der Waals surface area contributed by atoms with Gasteiger partial charge < -0.3 is 31.1 Å². The van der Waals surface area contributed by atoms with Gasteiger partial charge >= 0.3 is 0 Å². The molecule has 132 valence electrons. The fourth-order valence-electron chi connectivity index (χ4n) is 3.28. The van der Waals surface area contributed by atoms with Crippen LogP contribution >= 0.6 is 0 Å². The number of benzene rings is 1. The lowest BCUT2D eigenvalue weighted by Crippen LogP contribution is -2.45. The molecule has 2 heterocycles. The molecule has 1 amide bonds. The Morgan fingerprint density at radius 3 is 2.71 bits per heavy atom. The number of nitrogens with zero attached hydrogens (tertiary/aromatic N) is 3. The fraction of sp³-hybridized carbons (Fsp3) is 0.588. The number of nitrogens with two attached hydrogens (primary N) is 1. The topological polar surface area (TPSA) is 76.9 Å². The van der Waals surface area contributed by atoms with Crippen LogP contribution in [-0.4, -0.2) is 75.6 Å². The van der Waals surface area contributed by atoms with Crippen LogP contribution in [0.3, 0.4) is 0 Å². The minimum atomic E-state index is -0.0322. The molecule has 0 bridgehead atoms. The molecule has 7 nitrogen and oxygen atoms in total. The highest BCUT2D eigenvalue weighted by Crippen LogP contribution is 2.34.